The summed E-state index contributed by atoms with van der Waals surface area (Å²) in [5.41, 5.74) is 44.8. The van der Waals surface area contributed by atoms with Gasteiger partial charge in [-0.15, -0.1) is 0 Å². The molecule has 6 aromatic carbocycles. The molecule has 0 saturated heterocycles. The van der Waals surface area contributed by atoms with Crippen molar-refractivity contribution in [2.45, 2.75) is 86.0 Å². The zero-order chi connectivity index (χ0) is 96.4. The van der Waals surface area contributed by atoms with Crippen LogP contribution < -0.4 is 5.73 Å². The molecule has 0 spiro atoms. The second-order valence-corrected chi connectivity index (χ2v) is 35.5. The van der Waals surface area contributed by atoms with E-state index < -0.39 is 0 Å². The second-order valence-electron chi connectivity index (χ2n) is 35.5. The smallest absolute Gasteiger partial charge is 0.136 e. The van der Waals surface area contributed by atoms with Gasteiger partial charge >= 0.3 is 0 Å². The van der Waals surface area contributed by atoms with E-state index in [4.69, 9.17) is 20.7 Å². The summed E-state index contributed by atoms with van der Waals surface area (Å²) in [6.07, 6.45) is 37.1. The van der Waals surface area contributed by atoms with Gasteiger partial charge in [0.25, 0.3) is 0 Å². The molecule has 0 unspecified atom stereocenters. The van der Waals surface area contributed by atoms with E-state index in [9.17, 15) is 8.78 Å². The molecule has 2 fully saturated rings. The van der Waals surface area contributed by atoms with Crippen molar-refractivity contribution in [3.05, 3.63) is 459 Å². The van der Waals surface area contributed by atoms with Crippen LogP contribution in [0.15, 0.2) is 397 Å². The number of aryl methyl sites for hydroxylation is 7. The third-order valence-corrected chi connectivity index (χ3v) is 25.3. The van der Waals surface area contributed by atoms with Crippen molar-refractivity contribution in [3.63, 3.8) is 0 Å². The molecule has 0 radical (unpaired) electrons. The number of benzene rings is 6. The van der Waals surface area contributed by atoms with Gasteiger partial charge < -0.3 is 18.9 Å². The molecule has 18 nitrogen and oxygen atoms in total. The molecule has 17 heterocycles. The van der Waals surface area contributed by atoms with Crippen LogP contribution in [0.4, 0.5) is 14.6 Å². The Hall–Kier alpha value is -17.8. The Morgan fingerprint density at radius 3 is 0.936 bits per heavy atom. The fraction of sp³-hybridized carbons (Fsp3) is 0.107. The molecule has 2 N–H and O–H groups in total. The van der Waals surface area contributed by atoms with E-state index in [-0.39, 0.29) is 11.6 Å². The lowest BCUT2D eigenvalue weighted by Crippen LogP contribution is -1.93. The van der Waals surface area contributed by atoms with Crippen LogP contribution in [0.5, 0.6) is 0 Å². The van der Waals surface area contributed by atoms with E-state index in [0.717, 1.165) is 197 Å². The lowest BCUT2D eigenvalue weighted by atomic mass is 9.98. The summed E-state index contributed by atoms with van der Waals surface area (Å²) in [5.74, 6) is 1.54. The molecule has 0 aliphatic heterocycles. The number of rotatable bonds is 14. The lowest BCUT2D eigenvalue weighted by Gasteiger charge is -2.11. The number of aromatic nitrogens is 17. The van der Waals surface area contributed by atoms with Crippen LogP contribution in [0.25, 0.3) is 173 Å². The average Bonchev–Trinajstić information content (AvgIpc) is 1.76. The number of fused-ring (bicyclic) bond motifs is 5. The van der Waals surface area contributed by atoms with Crippen molar-refractivity contribution in [3.8, 4) is 135 Å². The number of halogens is 2. The van der Waals surface area contributed by atoms with Crippen molar-refractivity contribution in [1.82, 2.24) is 83.0 Å². The van der Waals surface area contributed by atoms with Gasteiger partial charge in [0.1, 0.15) is 34.4 Å². The normalized spacial score (nSPS) is 12.0. The largest absolute Gasteiger partial charge is 0.384 e. The zero-order valence-electron chi connectivity index (χ0n) is 78.9. The summed E-state index contributed by atoms with van der Waals surface area (Å²) in [5, 5.41) is 2.09. The highest BCUT2D eigenvalue weighted by atomic mass is 19.1. The Balaban J connectivity index is 0.000000104. The fourth-order valence-electron chi connectivity index (χ4n) is 17.6. The van der Waals surface area contributed by atoms with E-state index in [1.807, 2.05) is 154 Å². The van der Waals surface area contributed by atoms with E-state index in [1.165, 1.54) is 65.6 Å². The van der Waals surface area contributed by atoms with Crippen LogP contribution in [-0.2, 0) is 0 Å². The SMILES string of the molecule is Cc1cc(-c2ncccc2-c2ccc(N)nc2)ccc1F.Cc1cc(-c2ncccc2-c2ccc3ncc(C)n3c2)ccc1F.Cc1cccc(-c2ncccc2-c2ccc3cnccc3n2)c1.Cc1cccc(-c2ncccc2-c2ccc3ncc(C)n3c2)c1.Cc1cnc2ccc(-c3cccnc3-c3cccc(C4CC4)c3)cn12.c1cc(-c2ncccc2-c2ccc3cnccc3n2)cc(C2CC2)c1. The Morgan fingerprint density at radius 1 is 0.262 bits per heavy atom. The molecule has 2 aliphatic rings. The standard InChI is InChI=1S/C22H19N3.C22H17N3.C20H16FN3.C20H17N3.C20H15N3.C17H14FN3/c1-15-13-24-21-10-9-19(14-25(15)21)20-6-3-11-23-22(20)18-5-2-4-17(12-18)16-7-8-16;1-3-16(15-6-7-15)13-17(4-1)22-19(5-2-11-24-22)21-9-8-18-14-23-12-10-20(18)25-21;1-13-10-15(5-7-18(13)21)20-17(4-3-9-22-20)16-6-8-19-23-11-14(2)24(19)12-16;1-14-5-3-6-16(11-14)20-18(7-4-10-21-20)17-8-9-19-22-12-15(2)23(19)13-17;1-14-4-2-5-15(12-14)20-17(6-3-10-22-20)19-8-7-16-13-21-11-9-18(16)23-19;1-11-9-12(4-6-15(11)18)17-14(3-2-8-20-17)13-5-7-16(19)21-10-13/h2-6,9-14,16H,7-8H2,1H3;1-5,8-15H,6-7H2;3-12H,1-2H3;3-13H,1-2H3;2-13H,1H3;2-10H,1H3,(H2,19,21). The van der Waals surface area contributed by atoms with Crippen LogP contribution in [-0.4, -0.2) is 83.0 Å². The molecule has 23 aromatic rings. The monoisotopic (exact) mass is 1840 g/mol. The van der Waals surface area contributed by atoms with Gasteiger partial charge in [0.15, 0.2) is 0 Å². The molecule has 0 bridgehead atoms. The molecular weight excluding hydrogens is 1740 g/mol. The topological polar surface area (TPSA) is 220 Å². The van der Waals surface area contributed by atoms with Gasteiger partial charge in [-0.3, -0.25) is 39.9 Å². The molecule has 17 aromatic heterocycles. The van der Waals surface area contributed by atoms with Crippen LogP contribution in [0, 0.1) is 60.1 Å². The number of hydrogen-bond acceptors (Lipinski definition) is 15. The predicted octanol–water partition coefficient (Wildman–Crippen LogP) is 28.5. The van der Waals surface area contributed by atoms with Gasteiger partial charge in [-0.05, 0) is 302 Å². The van der Waals surface area contributed by atoms with Gasteiger partial charge in [-0.25, -0.2) is 38.7 Å². The van der Waals surface area contributed by atoms with Gasteiger partial charge in [0.05, 0.1) is 56.6 Å². The number of hydrogen-bond donors (Lipinski definition) is 1. The maximum absolute atomic E-state index is 13.6. The van der Waals surface area contributed by atoms with Crippen LogP contribution in [0.2, 0.25) is 0 Å². The first-order chi connectivity index (χ1) is 69.0. The minimum absolute atomic E-state index is 0.202. The second kappa shape index (κ2) is 41.0. The number of imidazole rings is 3. The van der Waals surface area contributed by atoms with Crippen molar-refractivity contribution in [1.29, 1.82) is 0 Å². The lowest BCUT2D eigenvalue weighted by molar-refractivity contribution is 0.618. The third kappa shape index (κ3) is 20.7. The predicted molar refractivity (Wildman–Crippen MR) is 562 cm³/mol. The van der Waals surface area contributed by atoms with Gasteiger partial charge in [-0.1, -0.05) is 108 Å². The molecule has 0 atom stereocenters. The summed E-state index contributed by atoms with van der Waals surface area (Å²) in [6, 6.07) is 96.9. The third-order valence-electron chi connectivity index (χ3n) is 25.3. The summed E-state index contributed by atoms with van der Waals surface area (Å²) in [7, 11) is 0. The Labute approximate surface area is 816 Å². The van der Waals surface area contributed by atoms with Gasteiger partial charge in [-0.2, -0.15) is 0 Å². The summed E-state index contributed by atoms with van der Waals surface area (Å²) in [4.78, 5) is 62.8. The molecule has 25 rings (SSSR count). The van der Waals surface area contributed by atoms with E-state index in [0.29, 0.717) is 16.9 Å². The van der Waals surface area contributed by atoms with Gasteiger partial charge in [0.2, 0.25) is 0 Å². The maximum Gasteiger partial charge on any atom is 0.136 e. The van der Waals surface area contributed by atoms with Crippen molar-refractivity contribution < 1.29 is 8.78 Å². The molecule has 0 amide bonds. The minimum atomic E-state index is -0.217. The highest BCUT2D eigenvalue weighted by Gasteiger charge is 2.27. The summed E-state index contributed by atoms with van der Waals surface area (Å²) in [6.45, 7) is 13.9. The Bertz CT molecular complexity index is 8510. The van der Waals surface area contributed by atoms with Crippen LogP contribution >= 0.6 is 0 Å². The molecule has 686 valence electrons. The summed E-state index contributed by atoms with van der Waals surface area (Å²) < 4.78 is 33.3. The fourth-order valence-corrected chi connectivity index (χ4v) is 17.6. The minimum Gasteiger partial charge on any atom is -0.384 e. The first-order valence-corrected chi connectivity index (χ1v) is 47.0. The van der Waals surface area contributed by atoms with Crippen molar-refractivity contribution in [2.24, 2.45) is 0 Å². The van der Waals surface area contributed by atoms with Crippen LogP contribution in [0.1, 0.15) is 88.0 Å². The Morgan fingerprint density at radius 2 is 0.589 bits per heavy atom. The first kappa shape index (κ1) is 91.0. The number of nitrogens with zero attached hydrogens (tertiary/aromatic N) is 17. The number of nitrogen functional groups attached to an aromatic ring is 1. The van der Waals surface area contributed by atoms with E-state index >= 15 is 0 Å². The van der Waals surface area contributed by atoms with Crippen molar-refractivity contribution in [2.75, 3.05) is 5.73 Å². The first-order valence-electron chi connectivity index (χ1n) is 47.0. The quantitative estimate of drug-likeness (QED) is 0.107. The van der Waals surface area contributed by atoms with Gasteiger partial charge in [0, 0.05) is 222 Å². The highest BCUT2D eigenvalue weighted by Crippen LogP contribution is 2.45. The summed E-state index contributed by atoms with van der Waals surface area (Å²) >= 11 is 0. The maximum atomic E-state index is 13.6. The number of pyridine rings is 14. The van der Waals surface area contributed by atoms with E-state index in [2.05, 4.69) is 278 Å². The molecular formula is C121H98F2N18. The Kier molecular flexibility index (Phi) is 26.5. The van der Waals surface area contributed by atoms with Crippen molar-refractivity contribution >= 4 is 44.6 Å². The molecule has 2 aliphatic carbocycles. The average molecular weight is 1840 g/mol. The number of anilines is 1. The molecule has 141 heavy (non-hydrogen) atoms. The van der Waals surface area contributed by atoms with Crippen LogP contribution in [0.3, 0.4) is 0 Å². The van der Waals surface area contributed by atoms with E-state index in [1.54, 1.807) is 69.1 Å². The zero-order valence-corrected chi connectivity index (χ0v) is 78.9. The number of nitrogens with two attached hydrogens (primary N) is 1. The molecule has 20 heteroatoms. The molecule has 2 saturated carbocycles. The highest BCUT2D eigenvalue weighted by molar-refractivity contribution is 5.89.